The minimum absolute atomic E-state index is 0.0518. The van der Waals surface area contributed by atoms with Gasteiger partial charge in [0.25, 0.3) is 5.91 Å². The monoisotopic (exact) mass is 609 g/mol. The van der Waals surface area contributed by atoms with E-state index in [2.05, 4.69) is 38.9 Å². The molecular formula is C32H43N5O7. The average molecular weight is 610 g/mol. The lowest BCUT2D eigenvalue weighted by atomic mass is 9.98. The highest BCUT2D eigenvalue weighted by molar-refractivity contribution is 5.89. The number of hydrogen-bond acceptors (Lipinski definition) is 8. The van der Waals surface area contributed by atoms with Crippen molar-refractivity contribution < 1.29 is 33.4 Å². The fourth-order valence-corrected chi connectivity index (χ4v) is 4.81. The molecule has 0 aliphatic heterocycles. The minimum atomic E-state index is -0.999. The highest BCUT2D eigenvalue weighted by atomic mass is 16.6. The zero-order valence-electron chi connectivity index (χ0n) is 25.8. The summed E-state index contributed by atoms with van der Waals surface area (Å²) in [5.74, 6) is -1.31. The van der Waals surface area contributed by atoms with Crippen molar-refractivity contribution in [3.63, 3.8) is 0 Å². The summed E-state index contributed by atoms with van der Waals surface area (Å²) < 4.78 is 10.7. The number of carbonyl (C=O) groups excluding carboxylic acids is 5. The van der Waals surface area contributed by atoms with Gasteiger partial charge in [0.15, 0.2) is 0 Å². The van der Waals surface area contributed by atoms with Crippen LogP contribution >= 0.6 is 0 Å². The second-order valence-corrected chi connectivity index (χ2v) is 11.5. The summed E-state index contributed by atoms with van der Waals surface area (Å²) in [4.78, 5) is 61.5. The van der Waals surface area contributed by atoms with E-state index in [1.807, 2.05) is 43.3 Å². The maximum absolute atomic E-state index is 12.8. The quantitative estimate of drug-likeness (QED) is 0.152. The van der Waals surface area contributed by atoms with Gasteiger partial charge in [-0.15, -0.1) is 0 Å². The Morgan fingerprint density at radius 1 is 0.864 bits per heavy atom. The van der Waals surface area contributed by atoms with Crippen LogP contribution in [0.1, 0.15) is 70.4 Å². The molecule has 0 bridgehead atoms. The highest BCUT2D eigenvalue weighted by Gasteiger charge is 2.29. The lowest BCUT2D eigenvalue weighted by Crippen LogP contribution is -2.53. The smallest absolute Gasteiger partial charge is 0.408 e. The summed E-state index contributed by atoms with van der Waals surface area (Å²) in [6.07, 6.45) is 0.205. The van der Waals surface area contributed by atoms with E-state index in [0.29, 0.717) is 19.3 Å². The van der Waals surface area contributed by atoms with E-state index < -0.39 is 42.2 Å². The van der Waals surface area contributed by atoms with Crippen LogP contribution in [-0.2, 0) is 23.9 Å². The number of fused-ring (bicyclic) bond motifs is 3. The molecule has 1 aliphatic rings. The first-order chi connectivity index (χ1) is 21.0. The minimum Gasteiger partial charge on any atom is -0.449 e. The maximum atomic E-state index is 12.8. The Balaban J connectivity index is 1.48. The summed E-state index contributed by atoms with van der Waals surface area (Å²) in [5, 5.41) is 7.62. The molecule has 1 atom stereocenters. The normalized spacial score (nSPS) is 12.7. The first-order valence-electron chi connectivity index (χ1n) is 14.9. The molecule has 1 aliphatic carbocycles. The first kappa shape index (κ1) is 34.0. The highest BCUT2D eigenvalue weighted by Crippen LogP contribution is 2.44. The molecular weight excluding hydrogens is 566 g/mol. The van der Waals surface area contributed by atoms with Gasteiger partial charge in [0.1, 0.15) is 30.6 Å². The van der Waals surface area contributed by atoms with E-state index >= 15 is 0 Å². The predicted octanol–water partition coefficient (Wildman–Crippen LogP) is 3.30. The maximum Gasteiger partial charge on any atom is 0.408 e. The van der Waals surface area contributed by atoms with Gasteiger partial charge in [-0.2, -0.15) is 0 Å². The SMILES string of the molecule is CCCC(=O)CNNC(=O)C(CCCNC(=O)OCC1c2ccccc2-c2ccccc21)NC(=O)CNC(=O)OC(C)(C)C. The molecule has 3 rings (SSSR count). The lowest BCUT2D eigenvalue weighted by Gasteiger charge is -2.21. The summed E-state index contributed by atoms with van der Waals surface area (Å²) in [6.45, 7) is 6.88. The number of Topliss-reactive ketones (excluding diaryl/α,β-unsaturated/α-hetero) is 1. The van der Waals surface area contributed by atoms with Crippen LogP contribution in [0.4, 0.5) is 9.59 Å². The van der Waals surface area contributed by atoms with Gasteiger partial charge in [0.05, 0.1) is 6.54 Å². The van der Waals surface area contributed by atoms with Gasteiger partial charge in [-0.25, -0.2) is 15.0 Å². The molecule has 0 spiro atoms. The molecule has 2 aromatic rings. The van der Waals surface area contributed by atoms with Gasteiger partial charge < -0.3 is 25.4 Å². The number of nitrogens with one attached hydrogen (secondary N) is 5. The van der Waals surface area contributed by atoms with Crippen LogP contribution in [0.2, 0.25) is 0 Å². The van der Waals surface area contributed by atoms with Crippen molar-refractivity contribution in [2.75, 3.05) is 26.2 Å². The Labute approximate surface area is 258 Å². The van der Waals surface area contributed by atoms with Crippen molar-refractivity contribution in [2.24, 2.45) is 0 Å². The van der Waals surface area contributed by atoms with E-state index in [0.717, 1.165) is 22.3 Å². The van der Waals surface area contributed by atoms with E-state index in [4.69, 9.17) is 9.47 Å². The summed E-state index contributed by atoms with van der Waals surface area (Å²) >= 11 is 0. The van der Waals surface area contributed by atoms with Gasteiger partial charge in [-0.3, -0.25) is 19.8 Å². The van der Waals surface area contributed by atoms with E-state index in [9.17, 15) is 24.0 Å². The second kappa shape index (κ2) is 16.4. The van der Waals surface area contributed by atoms with E-state index in [-0.39, 0.29) is 37.8 Å². The van der Waals surface area contributed by atoms with Gasteiger partial charge >= 0.3 is 12.2 Å². The van der Waals surface area contributed by atoms with Crippen LogP contribution in [0.3, 0.4) is 0 Å². The first-order valence-corrected chi connectivity index (χ1v) is 14.9. The van der Waals surface area contributed by atoms with Crippen molar-refractivity contribution in [1.29, 1.82) is 0 Å². The van der Waals surface area contributed by atoms with Crippen LogP contribution in [-0.4, -0.2) is 67.7 Å². The van der Waals surface area contributed by atoms with Gasteiger partial charge in [0.2, 0.25) is 5.91 Å². The number of rotatable bonds is 15. The molecule has 2 aromatic carbocycles. The Morgan fingerprint density at radius 3 is 2.11 bits per heavy atom. The largest absolute Gasteiger partial charge is 0.449 e. The third-order valence-electron chi connectivity index (χ3n) is 6.75. The molecule has 4 amide bonds. The van der Waals surface area contributed by atoms with Gasteiger partial charge in [-0.1, -0.05) is 55.5 Å². The molecule has 12 heteroatoms. The molecule has 44 heavy (non-hydrogen) atoms. The number of benzene rings is 2. The molecule has 0 saturated heterocycles. The number of amides is 4. The predicted molar refractivity (Wildman–Crippen MR) is 165 cm³/mol. The van der Waals surface area contributed by atoms with Gasteiger partial charge in [-0.05, 0) is 62.3 Å². The van der Waals surface area contributed by atoms with Crippen LogP contribution in [0.15, 0.2) is 48.5 Å². The topological polar surface area (TPSA) is 164 Å². The lowest BCUT2D eigenvalue weighted by molar-refractivity contribution is -0.129. The number of hydrazine groups is 1. The van der Waals surface area contributed by atoms with Gasteiger partial charge in [0, 0.05) is 18.9 Å². The van der Waals surface area contributed by atoms with Crippen molar-refractivity contribution in [1.82, 2.24) is 26.8 Å². The summed E-state index contributed by atoms with van der Waals surface area (Å²) in [5.41, 5.74) is 8.78. The third-order valence-corrected chi connectivity index (χ3v) is 6.75. The molecule has 238 valence electrons. The van der Waals surface area contributed by atoms with E-state index in [1.54, 1.807) is 20.8 Å². The van der Waals surface area contributed by atoms with Crippen molar-refractivity contribution >= 4 is 29.8 Å². The number of hydrogen-bond donors (Lipinski definition) is 5. The standard InChI is InChI=1S/C32H43N5O7/c1-5-11-21(38)18-35-37-29(40)27(36-28(39)19-34-31(42)44-32(2,3)4)16-10-17-33-30(41)43-20-26-24-14-8-6-12-22(24)23-13-7-9-15-25(23)26/h6-9,12-15,26-27,35H,5,10-11,16-20H2,1-4H3,(H,33,41)(H,34,42)(H,36,39)(H,37,40). The summed E-state index contributed by atoms with van der Waals surface area (Å²) in [7, 11) is 0. The number of ketones is 1. The average Bonchev–Trinajstić information content (AvgIpc) is 3.29. The Morgan fingerprint density at radius 2 is 1.50 bits per heavy atom. The third kappa shape index (κ3) is 10.7. The molecule has 0 radical (unpaired) electrons. The zero-order chi connectivity index (χ0) is 32.1. The molecule has 1 unspecified atom stereocenters. The van der Waals surface area contributed by atoms with Crippen molar-refractivity contribution in [2.45, 2.75) is 70.9 Å². The zero-order valence-corrected chi connectivity index (χ0v) is 25.8. The van der Waals surface area contributed by atoms with Crippen LogP contribution in [0, 0.1) is 0 Å². The fourth-order valence-electron chi connectivity index (χ4n) is 4.81. The molecule has 0 fully saturated rings. The van der Waals surface area contributed by atoms with E-state index in [1.165, 1.54) is 0 Å². The Hall–Kier alpha value is -4.45. The molecule has 0 saturated carbocycles. The molecule has 0 aromatic heterocycles. The van der Waals surface area contributed by atoms with Crippen molar-refractivity contribution in [3.05, 3.63) is 59.7 Å². The fraction of sp³-hybridized carbons (Fsp3) is 0.469. The molecule has 5 N–H and O–H groups in total. The number of alkyl carbamates (subject to hydrolysis) is 2. The summed E-state index contributed by atoms with van der Waals surface area (Å²) in [6, 6.07) is 15.1. The molecule has 12 nitrogen and oxygen atoms in total. The van der Waals surface area contributed by atoms with Crippen LogP contribution in [0.25, 0.3) is 11.1 Å². The van der Waals surface area contributed by atoms with Crippen LogP contribution in [0.5, 0.6) is 0 Å². The number of ether oxygens (including phenoxy) is 2. The molecule has 0 heterocycles. The van der Waals surface area contributed by atoms with Crippen LogP contribution < -0.4 is 26.8 Å². The Bertz CT molecular complexity index is 1280. The Kier molecular flexibility index (Phi) is 12.7. The van der Waals surface area contributed by atoms with Crippen molar-refractivity contribution in [3.8, 4) is 11.1 Å². The number of carbonyl (C=O) groups is 5. The second-order valence-electron chi connectivity index (χ2n) is 11.5.